The van der Waals surface area contributed by atoms with E-state index in [1.54, 1.807) is 0 Å². The van der Waals surface area contributed by atoms with Crippen molar-refractivity contribution in [1.82, 2.24) is 15.2 Å². The maximum atomic E-state index is 4.49. The molecule has 0 bridgehead atoms. The quantitative estimate of drug-likeness (QED) is 0.897. The molecule has 17 heavy (non-hydrogen) atoms. The van der Waals surface area contributed by atoms with E-state index in [2.05, 4.69) is 49.1 Å². The summed E-state index contributed by atoms with van der Waals surface area (Å²) in [5.74, 6) is 0.549. The molecule has 0 spiro atoms. The van der Waals surface area contributed by atoms with Crippen molar-refractivity contribution >= 4 is 11.3 Å². The summed E-state index contributed by atoms with van der Waals surface area (Å²) in [5.41, 5.74) is 0.240. The monoisotopic (exact) mass is 253 g/mol. The Bertz CT molecular complexity index is 370. The molecule has 0 atom stereocenters. The van der Waals surface area contributed by atoms with Crippen LogP contribution < -0.4 is 5.32 Å². The predicted octanol–water partition coefficient (Wildman–Crippen LogP) is 2.45. The van der Waals surface area contributed by atoms with E-state index < -0.39 is 0 Å². The van der Waals surface area contributed by atoms with Gasteiger partial charge in [-0.3, -0.25) is 4.90 Å². The number of nitrogens with zero attached hydrogens (tertiary/aromatic N) is 2. The minimum atomic E-state index is 0.240. The van der Waals surface area contributed by atoms with Crippen molar-refractivity contribution in [3.63, 3.8) is 0 Å². The molecular formula is C13H23N3S. The van der Waals surface area contributed by atoms with E-state index in [9.17, 15) is 0 Å². The molecule has 0 saturated carbocycles. The van der Waals surface area contributed by atoms with Gasteiger partial charge in [-0.15, -0.1) is 11.3 Å². The predicted molar refractivity (Wildman–Crippen MR) is 73.6 cm³/mol. The van der Waals surface area contributed by atoms with Crippen LogP contribution in [0.4, 0.5) is 0 Å². The van der Waals surface area contributed by atoms with Gasteiger partial charge in [0.25, 0.3) is 0 Å². The normalized spacial score (nSPS) is 21.0. The second kappa shape index (κ2) is 5.04. The first-order chi connectivity index (χ1) is 7.96. The fourth-order valence-corrected chi connectivity index (χ4v) is 3.23. The Balaban J connectivity index is 1.95. The average molecular weight is 253 g/mol. The van der Waals surface area contributed by atoms with Gasteiger partial charge >= 0.3 is 0 Å². The van der Waals surface area contributed by atoms with Crippen LogP contribution in [-0.4, -0.2) is 35.1 Å². The van der Waals surface area contributed by atoms with Gasteiger partial charge < -0.3 is 5.32 Å². The standard InChI is InChI=1S/C13H23N3S/c1-10(2)12-14-7-11(17-12)8-16-6-5-15-13(3,4)9-16/h7,10,15H,5-6,8-9H2,1-4H3. The summed E-state index contributed by atoms with van der Waals surface area (Å²) < 4.78 is 0. The van der Waals surface area contributed by atoms with Crippen LogP contribution in [-0.2, 0) is 6.54 Å². The lowest BCUT2D eigenvalue weighted by molar-refractivity contribution is 0.149. The highest BCUT2D eigenvalue weighted by Gasteiger charge is 2.25. The van der Waals surface area contributed by atoms with Gasteiger partial charge in [-0.05, 0) is 13.8 Å². The van der Waals surface area contributed by atoms with Crippen LogP contribution in [0.3, 0.4) is 0 Å². The summed E-state index contributed by atoms with van der Waals surface area (Å²) in [7, 11) is 0. The van der Waals surface area contributed by atoms with E-state index in [0.717, 1.165) is 26.2 Å². The molecule has 1 saturated heterocycles. The topological polar surface area (TPSA) is 28.2 Å². The maximum absolute atomic E-state index is 4.49. The van der Waals surface area contributed by atoms with Crippen molar-refractivity contribution in [3.8, 4) is 0 Å². The molecule has 3 nitrogen and oxygen atoms in total. The van der Waals surface area contributed by atoms with E-state index in [-0.39, 0.29) is 5.54 Å². The molecule has 1 fully saturated rings. The van der Waals surface area contributed by atoms with Gasteiger partial charge in [0, 0.05) is 48.7 Å². The van der Waals surface area contributed by atoms with Crippen LogP contribution in [0.1, 0.15) is 43.5 Å². The van der Waals surface area contributed by atoms with Crippen molar-refractivity contribution in [2.75, 3.05) is 19.6 Å². The lowest BCUT2D eigenvalue weighted by Gasteiger charge is -2.38. The Labute approximate surface area is 108 Å². The Morgan fingerprint density at radius 2 is 2.29 bits per heavy atom. The van der Waals surface area contributed by atoms with Crippen molar-refractivity contribution < 1.29 is 0 Å². The van der Waals surface area contributed by atoms with Gasteiger partial charge in [0.15, 0.2) is 0 Å². The molecule has 1 aromatic heterocycles. The minimum absolute atomic E-state index is 0.240. The second-order valence-electron chi connectivity index (χ2n) is 5.84. The SMILES string of the molecule is CC(C)c1ncc(CN2CCNC(C)(C)C2)s1. The van der Waals surface area contributed by atoms with Gasteiger partial charge in [-0.1, -0.05) is 13.8 Å². The van der Waals surface area contributed by atoms with Crippen molar-refractivity contribution in [2.45, 2.75) is 45.7 Å². The van der Waals surface area contributed by atoms with Crippen LogP contribution in [0.25, 0.3) is 0 Å². The van der Waals surface area contributed by atoms with Gasteiger partial charge in [0.1, 0.15) is 0 Å². The highest BCUT2D eigenvalue weighted by Crippen LogP contribution is 2.23. The molecule has 0 unspecified atom stereocenters. The molecule has 1 aliphatic rings. The summed E-state index contributed by atoms with van der Waals surface area (Å²) >= 11 is 1.86. The molecule has 0 aromatic carbocycles. The molecular weight excluding hydrogens is 230 g/mol. The Morgan fingerprint density at radius 1 is 1.53 bits per heavy atom. The smallest absolute Gasteiger partial charge is 0.0953 e. The molecule has 1 aromatic rings. The third-order valence-corrected chi connectivity index (χ3v) is 4.38. The highest BCUT2D eigenvalue weighted by atomic mass is 32.1. The molecule has 0 amide bonds. The summed E-state index contributed by atoms with van der Waals surface area (Å²) in [6.07, 6.45) is 2.05. The van der Waals surface area contributed by atoms with Crippen molar-refractivity contribution in [3.05, 3.63) is 16.1 Å². The first-order valence-corrected chi connectivity index (χ1v) is 7.20. The Hall–Kier alpha value is -0.450. The van der Waals surface area contributed by atoms with Crippen LogP contribution >= 0.6 is 11.3 Å². The fourth-order valence-electron chi connectivity index (χ4n) is 2.26. The number of rotatable bonds is 3. The molecule has 96 valence electrons. The van der Waals surface area contributed by atoms with Crippen LogP contribution in [0.2, 0.25) is 0 Å². The van der Waals surface area contributed by atoms with Crippen LogP contribution in [0, 0.1) is 0 Å². The van der Waals surface area contributed by atoms with Gasteiger partial charge in [0.05, 0.1) is 5.01 Å². The summed E-state index contributed by atoms with van der Waals surface area (Å²) in [6, 6.07) is 0. The van der Waals surface area contributed by atoms with E-state index >= 15 is 0 Å². The lowest BCUT2D eigenvalue weighted by atomic mass is 10.0. The molecule has 0 aliphatic carbocycles. The summed E-state index contributed by atoms with van der Waals surface area (Å²) in [5, 5.41) is 4.80. The van der Waals surface area contributed by atoms with Crippen LogP contribution in [0.5, 0.6) is 0 Å². The highest BCUT2D eigenvalue weighted by molar-refractivity contribution is 7.11. The zero-order valence-electron chi connectivity index (χ0n) is 11.3. The van der Waals surface area contributed by atoms with Crippen molar-refractivity contribution in [2.24, 2.45) is 0 Å². The number of aromatic nitrogens is 1. The van der Waals surface area contributed by atoms with Gasteiger partial charge in [-0.25, -0.2) is 4.98 Å². The third kappa shape index (κ3) is 3.50. The summed E-state index contributed by atoms with van der Waals surface area (Å²) in [4.78, 5) is 8.41. The number of nitrogens with one attached hydrogen (secondary N) is 1. The average Bonchev–Trinajstić information content (AvgIpc) is 2.64. The number of piperazine rings is 1. The zero-order valence-corrected chi connectivity index (χ0v) is 12.1. The zero-order chi connectivity index (χ0) is 12.5. The van der Waals surface area contributed by atoms with Crippen molar-refractivity contribution in [1.29, 1.82) is 0 Å². The van der Waals surface area contributed by atoms with E-state index in [0.29, 0.717) is 5.92 Å². The maximum Gasteiger partial charge on any atom is 0.0953 e. The molecule has 1 aliphatic heterocycles. The van der Waals surface area contributed by atoms with Gasteiger partial charge in [-0.2, -0.15) is 0 Å². The minimum Gasteiger partial charge on any atom is -0.309 e. The molecule has 0 radical (unpaired) electrons. The van der Waals surface area contributed by atoms with Crippen LogP contribution in [0.15, 0.2) is 6.20 Å². The fraction of sp³-hybridized carbons (Fsp3) is 0.769. The van der Waals surface area contributed by atoms with E-state index in [1.807, 2.05) is 11.3 Å². The van der Waals surface area contributed by atoms with E-state index in [1.165, 1.54) is 9.88 Å². The molecule has 1 N–H and O–H groups in total. The van der Waals surface area contributed by atoms with Gasteiger partial charge in [0.2, 0.25) is 0 Å². The number of hydrogen-bond acceptors (Lipinski definition) is 4. The third-order valence-electron chi connectivity index (χ3n) is 3.10. The molecule has 4 heteroatoms. The first-order valence-electron chi connectivity index (χ1n) is 6.38. The first kappa shape index (κ1) is 13.0. The second-order valence-corrected chi connectivity index (χ2v) is 6.99. The largest absolute Gasteiger partial charge is 0.309 e. The summed E-state index contributed by atoms with van der Waals surface area (Å²) in [6.45, 7) is 13.3. The molecule has 2 heterocycles. The molecule has 2 rings (SSSR count). The lowest BCUT2D eigenvalue weighted by Crippen LogP contribution is -2.56. The Kier molecular flexibility index (Phi) is 3.85. The Morgan fingerprint density at radius 3 is 2.88 bits per heavy atom. The number of thiazole rings is 1. The number of hydrogen-bond donors (Lipinski definition) is 1. The van der Waals surface area contributed by atoms with E-state index in [4.69, 9.17) is 0 Å².